The van der Waals surface area contributed by atoms with Crippen LogP contribution in [0, 0.1) is 12.7 Å². The van der Waals surface area contributed by atoms with Crippen molar-refractivity contribution in [3.05, 3.63) is 74.3 Å². The van der Waals surface area contributed by atoms with Crippen LogP contribution in [0.15, 0.2) is 52.3 Å². The topological polar surface area (TPSA) is 12.9 Å². The van der Waals surface area contributed by atoms with Crippen LogP contribution in [0.3, 0.4) is 0 Å². The first-order valence-corrected chi connectivity index (χ1v) is 8.51. The Morgan fingerprint density at radius 3 is 2.52 bits per heavy atom. The number of thiazole rings is 1. The van der Waals surface area contributed by atoms with Gasteiger partial charge < -0.3 is 0 Å². The van der Waals surface area contributed by atoms with Gasteiger partial charge in [-0.2, -0.15) is 0 Å². The number of benzene rings is 2. The molecule has 0 amide bonds. The van der Waals surface area contributed by atoms with E-state index >= 15 is 0 Å². The maximum absolute atomic E-state index is 14.5. The van der Waals surface area contributed by atoms with Gasteiger partial charge in [-0.3, -0.25) is 0 Å². The molecule has 1 heterocycles. The monoisotopic (exact) mass is 391 g/mol. The van der Waals surface area contributed by atoms with Gasteiger partial charge >= 0.3 is 0 Å². The minimum atomic E-state index is -0.390. The van der Waals surface area contributed by atoms with Gasteiger partial charge in [0, 0.05) is 5.56 Å². The summed E-state index contributed by atoms with van der Waals surface area (Å²) in [5, 5.41) is 0.291. The van der Waals surface area contributed by atoms with Crippen LogP contribution in [-0.4, -0.2) is 4.98 Å². The van der Waals surface area contributed by atoms with Crippen molar-refractivity contribution in [3.8, 4) is 11.3 Å². The molecule has 0 atom stereocenters. The van der Waals surface area contributed by atoms with Gasteiger partial charge in [0.1, 0.15) is 5.82 Å². The smallest absolute Gasteiger partial charge is 0.159 e. The summed E-state index contributed by atoms with van der Waals surface area (Å²) in [6, 6.07) is 13.6. The zero-order valence-corrected chi connectivity index (χ0v) is 14.6. The minimum absolute atomic E-state index is 0.291. The number of halogens is 3. The Labute approximate surface area is 145 Å². The average molecular weight is 392 g/mol. The van der Waals surface area contributed by atoms with Gasteiger partial charge in [-0.25, -0.2) is 13.8 Å². The summed E-state index contributed by atoms with van der Waals surface area (Å²) in [5.74, 6) is -0.704. The second-order valence-corrected chi connectivity index (χ2v) is 7.31. The highest BCUT2D eigenvalue weighted by molar-refractivity contribution is 9.11. The first-order valence-electron chi connectivity index (χ1n) is 6.90. The van der Waals surface area contributed by atoms with Crippen molar-refractivity contribution >= 4 is 39.2 Å². The second-order valence-electron chi connectivity index (χ2n) is 5.00. The summed E-state index contributed by atoms with van der Waals surface area (Å²) in [6.45, 7) is 1.93. The zero-order chi connectivity index (χ0) is 16.4. The highest BCUT2D eigenvalue weighted by Crippen LogP contribution is 2.36. The molecule has 23 heavy (non-hydrogen) atoms. The summed E-state index contributed by atoms with van der Waals surface area (Å²) in [5.41, 5.74) is 3.17. The summed E-state index contributed by atoms with van der Waals surface area (Å²) >= 11 is 4.62. The van der Waals surface area contributed by atoms with Crippen molar-refractivity contribution in [2.24, 2.45) is 0 Å². The lowest BCUT2D eigenvalue weighted by Crippen LogP contribution is -1.83. The zero-order valence-electron chi connectivity index (χ0n) is 12.2. The van der Waals surface area contributed by atoms with Crippen LogP contribution in [-0.2, 0) is 0 Å². The lowest BCUT2D eigenvalue weighted by atomic mass is 10.1. The summed E-state index contributed by atoms with van der Waals surface area (Å²) in [4.78, 5) is 4.34. The molecule has 3 rings (SSSR count). The van der Waals surface area contributed by atoms with Gasteiger partial charge in [0.05, 0.1) is 9.48 Å². The molecule has 2 aromatic carbocycles. The van der Waals surface area contributed by atoms with E-state index in [4.69, 9.17) is 0 Å². The molecule has 0 radical (unpaired) electrons. The number of aromatic nitrogens is 1. The Morgan fingerprint density at radius 2 is 1.83 bits per heavy atom. The molecule has 1 aromatic heterocycles. The van der Waals surface area contributed by atoms with Crippen LogP contribution in [0.1, 0.15) is 16.1 Å². The van der Waals surface area contributed by atoms with Crippen molar-refractivity contribution < 1.29 is 8.78 Å². The predicted octanol–water partition coefficient (Wildman–Crippen LogP) is 6.49. The Bertz CT molecular complexity index is 869. The van der Waals surface area contributed by atoms with Gasteiger partial charge in [-0.05, 0) is 64.3 Å². The van der Waals surface area contributed by atoms with E-state index in [-0.39, 0.29) is 5.82 Å². The van der Waals surface area contributed by atoms with E-state index < -0.39 is 5.83 Å². The van der Waals surface area contributed by atoms with Crippen molar-refractivity contribution in [1.82, 2.24) is 4.98 Å². The fourth-order valence-electron chi connectivity index (χ4n) is 2.14. The van der Waals surface area contributed by atoms with Crippen LogP contribution < -0.4 is 0 Å². The molecule has 0 bridgehead atoms. The van der Waals surface area contributed by atoms with Crippen molar-refractivity contribution in [2.75, 3.05) is 0 Å². The van der Waals surface area contributed by atoms with Crippen LogP contribution >= 0.6 is 27.3 Å². The molecule has 0 aliphatic carbocycles. The van der Waals surface area contributed by atoms with Gasteiger partial charge in [0.25, 0.3) is 0 Å². The molecular formula is C18H12BrF2NS. The first kappa shape index (κ1) is 16.0. The Morgan fingerprint density at radius 1 is 1.13 bits per heavy atom. The molecule has 0 aliphatic heterocycles. The van der Waals surface area contributed by atoms with Crippen molar-refractivity contribution in [2.45, 2.75) is 6.92 Å². The van der Waals surface area contributed by atoms with E-state index in [0.29, 0.717) is 14.5 Å². The molecule has 0 unspecified atom stereocenters. The van der Waals surface area contributed by atoms with E-state index in [1.165, 1.54) is 29.5 Å². The maximum atomic E-state index is 14.5. The van der Waals surface area contributed by atoms with Gasteiger partial charge in [0.2, 0.25) is 0 Å². The third-order valence-electron chi connectivity index (χ3n) is 3.38. The molecule has 0 N–H and O–H groups in total. The number of nitrogens with zero attached hydrogens (tertiary/aromatic N) is 1. The van der Waals surface area contributed by atoms with Crippen LogP contribution in [0.5, 0.6) is 0 Å². The maximum Gasteiger partial charge on any atom is 0.159 e. The van der Waals surface area contributed by atoms with Crippen LogP contribution in [0.2, 0.25) is 0 Å². The number of hydrogen-bond donors (Lipinski definition) is 0. The summed E-state index contributed by atoms with van der Waals surface area (Å²) < 4.78 is 28.2. The molecule has 1 nitrogen and oxygen atoms in total. The van der Waals surface area contributed by atoms with Crippen molar-refractivity contribution in [3.63, 3.8) is 0 Å². The fraction of sp³-hybridized carbons (Fsp3) is 0.0556. The first-order chi connectivity index (χ1) is 11.0. The molecule has 0 fully saturated rings. The summed E-state index contributed by atoms with van der Waals surface area (Å²) in [6.07, 6.45) is 1.48. The Kier molecular flexibility index (Phi) is 4.68. The molecule has 0 saturated heterocycles. The lowest BCUT2D eigenvalue weighted by Gasteiger charge is -1.99. The van der Waals surface area contributed by atoms with Crippen LogP contribution in [0.25, 0.3) is 23.2 Å². The van der Waals surface area contributed by atoms with Gasteiger partial charge in [0.15, 0.2) is 10.8 Å². The van der Waals surface area contributed by atoms with E-state index in [1.807, 2.05) is 31.2 Å². The van der Waals surface area contributed by atoms with E-state index in [2.05, 4.69) is 20.9 Å². The van der Waals surface area contributed by atoms with E-state index in [1.54, 1.807) is 12.1 Å². The fourth-order valence-corrected chi connectivity index (χ4v) is 3.64. The Balaban J connectivity index is 1.97. The molecule has 116 valence electrons. The summed E-state index contributed by atoms with van der Waals surface area (Å²) in [7, 11) is 0. The normalized spacial score (nSPS) is 11.7. The highest BCUT2D eigenvalue weighted by atomic mass is 79.9. The van der Waals surface area contributed by atoms with Gasteiger partial charge in [-0.15, -0.1) is 11.3 Å². The molecule has 5 heteroatoms. The largest absolute Gasteiger partial charge is 0.232 e. The second kappa shape index (κ2) is 6.72. The molecular weight excluding hydrogens is 380 g/mol. The van der Waals surface area contributed by atoms with Crippen molar-refractivity contribution in [1.29, 1.82) is 0 Å². The SMILES string of the molecule is Cc1ccccc1C=C(F)c1nc(-c2ccc(F)cc2)c(Br)s1. The highest BCUT2D eigenvalue weighted by Gasteiger charge is 2.14. The third-order valence-corrected chi connectivity index (χ3v) is 5.09. The standard InChI is InChI=1S/C18H12BrF2NS/c1-11-4-2-3-5-13(11)10-15(21)18-22-16(17(19)23-18)12-6-8-14(20)9-7-12/h2-10H,1H3. The van der Waals surface area contributed by atoms with Gasteiger partial charge in [-0.1, -0.05) is 24.3 Å². The Hall–Kier alpha value is -1.85. The number of rotatable bonds is 3. The molecule has 0 spiro atoms. The quantitative estimate of drug-likeness (QED) is 0.497. The third kappa shape index (κ3) is 3.57. The molecule has 3 aromatic rings. The van der Waals surface area contributed by atoms with E-state index in [9.17, 15) is 8.78 Å². The van der Waals surface area contributed by atoms with E-state index in [0.717, 1.165) is 16.7 Å². The lowest BCUT2D eigenvalue weighted by molar-refractivity contribution is 0.628. The molecule has 0 saturated carbocycles. The van der Waals surface area contributed by atoms with Crippen LogP contribution in [0.4, 0.5) is 8.78 Å². The molecule has 0 aliphatic rings. The average Bonchev–Trinajstić information content (AvgIpc) is 2.92. The predicted molar refractivity (Wildman–Crippen MR) is 95.4 cm³/mol. The number of aryl methyl sites for hydroxylation is 1. The minimum Gasteiger partial charge on any atom is -0.232 e. The number of hydrogen-bond acceptors (Lipinski definition) is 2.